The molecule has 0 aromatic heterocycles. The van der Waals surface area contributed by atoms with Crippen molar-refractivity contribution < 1.29 is 14.7 Å². The summed E-state index contributed by atoms with van der Waals surface area (Å²) in [5.74, 6) is -1.72. The largest absolute Gasteiger partial charge is 0.478 e. The monoisotopic (exact) mass is 447 g/mol. The molecular formula is C18H14IN3O3. The number of anilines is 2. The first kappa shape index (κ1) is 18.5. The Morgan fingerprint density at radius 3 is 2.64 bits per heavy atom. The fraction of sp³-hybridized carbons (Fsp3) is 0.0556. The summed E-state index contributed by atoms with van der Waals surface area (Å²) in [6, 6.07) is 13.4. The van der Waals surface area contributed by atoms with Crippen LogP contribution in [0.1, 0.15) is 15.9 Å². The minimum atomic E-state index is -1.09. The molecule has 2 aromatic rings. The van der Waals surface area contributed by atoms with E-state index >= 15 is 0 Å². The summed E-state index contributed by atoms with van der Waals surface area (Å²) in [6.45, 7) is 1.92. The molecule has 0 saturated carbocycles. The normalized spacial score (nSPS) is 10.7. The number of hydrogen-bond donors (Lipinski definition) is 3. The zero-order valence-corrected chi connectivity index (χ0v) is 15.4. The highest BCUT2D eigenvalue weighted by molar-refractivity contribution is 14.1. The Kier molecular flexibility index (Phi) is 6.14. The summed E-state index contributed by atoms with van der Waals surface area (Å²) < 4.78 is 1.08. The minimum Gasteiger partial charge on any atom is -0.478 e. The van der Waals surface area contributed by atoms with E-state index in [9.17, 15) is 14.9 Å². The lowest BCUT2D eigenvalue weighted by Gasteiger charge is -2.08. The quantitative estimate of drug-likeness (QED) is 0.368. The van der Waals surface area contributed by atoms with Crippen LogP contribution in [0.5, 0.6) is 0 Å². The highest BCUT2D eigenvalue weighted by Crippen LogP contribution is 2.18. The summed E-state index contributed by atoms with van der Waals surface area (Å²) >= 11 is 2.20. The van der Waals surface area contributed by atoms with Crippen LogP contribution in [0, 0.1) is 21.8 Å². The number of carboxylic acids is 1. The van der Waals surface area contributed by atoms with Gasteiger partial charge in [0.1, 0.15) is 11.6 Å². The zero-order chi connectivity index (χ0) is 18.4. The SMILES string of the molecule is Cc1cc(I)ccc1N/C=C(/C#N)C(=O)Nc1cccc(C(=O)O)c1. The predicted molar refractivity (Wildman–Crippen MR) is 103 cm³/mol. The molecule has 6 nitrogen and oxygen atoms in total. The lowest BCUT2D eigenvalue weighted by Crippen LogP contribution is -2.15. The molecule has 0 aliphatic carbocycles. The van der Waals surface area contributed by atoms with E-state index in [0.29, 0.717) is 5.69 Å². The Hall–Kier alpha value is -2.86. The lowest BCUT2D eigenvalue weighted by atomic mass is 10.2. The smallest absolute Gasteiger partial charge is 0.335 e. The van der Waals surface area contributed by atoms with E-state index in [1.807, 2.05) is 31.2 Å². The van der Waals surface area contributed by atoms with Gasteiger partial charge in [-0.25, -0.2) is 4.79 Å². The second-order valence-corrected chi connectivity index (χ2v) is 6.36. The van der Waals surface area contributed by atoms with Crippen LogP contribution >= 0.6 is 22.6 Å². The van der Waals surface area contributed by atoms with Crippen LogP contribution in [0.25, 0.3) is 0 Å². The van der Waals surface area contributed by atoms with Crippen molar-refractivity contribution in [2.75, 3.05) is 10.6 Å². The number of carboxylic acid groups (broad SMARTS) is 1. The van der Waals surface area contributed by atoms with Gasteiger partial charge in [-0.05, 0) is 71.5 Å². The van der Waals surface area contributed by atoms with E-state index in [4.69, 9.17) is 5.11 Å². The van der Waals surface area contributed by atoms with Gasteiger partial charge in [0, 0.05) is 21.1 Å². The Morgan fingerprint density at radius 2 is 2.00 bits per heavy atom. The lowest BCUT2D eigenvalue weighted by molar-refractivity contribution is -0.112. The van der Waals surface area contributed by atoms with Crippen LogP contribution in [0.3, 0.4) is 0 Å². The third-order valence-corrected chi connectivity index (χ3v) is 3.96. The fourth-order valence-electron chi connectivity index (χ4n) is 2.02. The molecule has 0 saturated heterocycles. The average Bonchev–Trinajstić information content (AvgIpc) is 2.57. The second kappa shape index (κ2) is 8.30. The van der Waals surface area contributed by atoms with Crippen LogP contribution in [-0.4, -0.2) is 17.0 Å². The minimum absolute atomic E-state index is 0.0490. The average molecular weight is 447 g/mol. The molecule has 0 atom stereocenters. The summed E-state index contributed by atoms with van der Waals surface area (Å²) in [6.07, 6.45) is 1.32. The maximum Gasteiger partial charge on any atom is 0.335 e. The maximum atomic E-state index is 12.2. The van der Waals surface area contributed by atoms with Gasteiger partial charge in [-0.3, -0.25) is 4.79 Å². The molecule has 0 bridgehead atoms. The molecule has 0 spiro atoms. The zero-order valence-electron chi connectivity index (χ0n) is 13.2. The molecule has 126 valence electrons. The number of rotatable bonds is 5. The molecule has 2 aromatic carbocycles. The predicted octanol–water partition coefficient (Wildman–Crippen LogP) is 3.76. The standard InChI is InChI=1S/C18H14IN3O3/c1-11-7-14(19)5-6-16(11)21-10-13(9-20)17(23)22-15-4-2-3-12(8-15)18(24)25/h2-8,10,21H,1H3,(H,22,23)(H,24,25)/b13-10-. The van der Waals surface area contributed by atoms with Crippen LogP contribution in [0.2, 0.25) is 0 Å². The summed E-state index contributed by atoms with van der Waals surface area (Å²) in [4.78, 5) is 23.2. The molecule has 1 amide bonds. The van der Waals surface area contributed by atoms with Crippen molar-refractivity contribution in [2.45, 2.75) is 6.92 Å². The number of halogens is 1. The molecule has 0 aliphatic heterocycles. The van der Waals surface area contributed by atoms with Crippen molar-refractivity contribution in [1.29, 1.82) is 5.26 Å². The molecule has 0 aliphatic rings. The number of nitrogens with zero attached hydrogens (tertiary/aromatic N) is 1. The number of benzene rings is 2. The van der Waals surface area contributed by atoms with Crippen molar-refractivity contribution in [3.8, 4) is 6.07 Å². The van der Waals surface area contributed by atoms with Crippen molar-refractivity contribution in [2.24, 2.45) is 0 Å². The van der Waals surface area contributed by atoms with Gasteiger partial charge in [0.05, 0.1) is 5.56 Å². The molecule has 7 heteroatoms. The number of carbonyl (C=O) groups excluding carboxylic acids is 1. The van der Waals surface area contributed by atoms with Crippen LogP contribution in [-0.2, 0) is 4.79 Å². The summed E-state index contributed by atoms with van der Waals surface area (Å²) in [7, 11) is 0. The van der Waals surface area contributed by atoms with Gasteiger partial charge < -0.3 is 15.7 Å². The van der Waals surface area contributed by atoms with Crippen LogP contribution < -0.4 is 10.6 Å². The van der Waals surface area contributed by atoms with Gasteiger partial charge in [-0.1, -0.05) is 6.07 Å². The van der Waals surface area contributed by atoms with E-state index in [1.165, 1.54) is 24.4 Å². The molecule has 0 radical (unpaired) electrons. The molecule has 0 unspecified atom stereocenters. The number of amides is 1. The van der Waals surface area contributed by atoms with E-state index in [1.54, 1.807) is 6.07 Å². The van der Waals surface area contributed by atoms with Gasteiger partial charge in [-0.15, -0.1) is 0 Å². The summed E-state index contributed by atoms with van der Waals surface area (Å²) in [5, 5.41) is 23.6. The van der Waals surface area contributed by atoms with Crippen molar-refractivity contribution in [3.05, 3.63) is 68.9 Å². The van der Waals surface area contributed by atoms with Gasteiger partial charge in [-0.2, -0.15) is 5.26 Å². The summed E-state index contributed by atoms with van der Waals surface area (Å²) in [5.41, 5.74) is 1.99. The highest BCUT2D eigenvalue weighted by atomic mass is 127. The number of aromatic carboxylic acids is 1. The second-order valence-electron chi connectivity index (χ2n) is 5.11. The van der Waals surface area contributed by atoms with Gasteiger partial charge >= 0.3 is 5.97 Å². The first-order chi connectivity index (χ1) is 11.9. The number of aryl methyl sites for hydroxylation is 1. The molecule has 3 N–H and O–H groups in total. The third kappa shape index (κ3) is 5.06. The number of hydrogen-bond acceptors (Lipinski definition) is 4. The Balaban J connectivity index is 2.14. The van der Waals surface area contributed by atoms with Gasteiger partial charge in [0.15, 0.2) is 0 Å². The molecule has 0 fully saturated rings. The van der Waals surface area contributed by atoms with Crippen molar-refractivity contribution in [1.82, 2.24) is 0 Å². The van der Waals surface area contributed by atoms with E-state index < -0.39 is 11.9 Å². The van der Waals surface area contributed by atoms with Gasteiger partial charge in [0.25, 0.3) is 5.91 Å². The molecule has 2 rings (SSSR count). The highest BCUT2D eigenvalue weighted by Gasteiger charge is 2.11. The van der Waals surface area contributed by atoms with Gasteiger partial charge in [0.2, 0.25) is 0 Å². The molecule has 25 heavy (non-hydrogen) atoms. The number of carbonyl (C=O) groups is 2. The maximum absolute atomic E-state index is 12.2. The topological polar surface area (TPSA) is 102 Å². The van der Waals surface area contributed by atoms with Crippen LogP contribution in [0.4, 0.5) is 11.4 Å². The van der Waals surface area contributed by atoms with E-state index in [-0.39, 0.29) is 11.1 Å². The first-order valence-electron chi connectivity index (χ1n) is 7.18. The third-order valence-electron chi connectivity index (χ3n) is 3.29. The first-order valence-corrected chi connectivity index (χ1v) is 8.26. The van der Waals surface area contributed by atoms with Crippen molar-refractivity contribution in [3.63, 3.8) is 0 Å². The Morgan fingerprint density at radius 1 is 1.24 bits per heavy atom. The Labute approximate surface area is 158 Å². The van der Waals surface area contributed by atoms with Crippen LogP contribution in [0.15, 0.2) is 54.2 Å². The van der Waals surface area contributed by atoms with Crippen molar-refractivity contribution >= 4 is 45.8 Å². The number of nitrogens with one attached hydrogen (secondary N) is 2. The Bertz CT molecular complexity index is 901. The van der Waals surface area contributed by atoms with E-state index in [2.05, 4.69) is 33.2 Å². The fourth-order valence-corrected chi connectivity index (χ4v) is 2.66. The number of nitriles is 1. The molecular weight excluding hydrogens is 433 g/mol. The molecule has 0 heterocycles. The van der Waals surface area contributed by atoms with E-state index in [0.717, 1.165) is 14.8 Å².